The summed E-state index contributed by atoms with van der Waals surface area (Å²) in [5, 5.41) is 0. The highest BCUT2D eigenvalue weighted by atomic mass is 16.5. The van der Waals surface area contributed by atoms with E-state index in [-0.39, 0.29) is 29.5 Å². The molecule has 1 fully saturated rings. The minimum absolute atomic E-state index is 0.0256. The Morgan fingerprint density at radius 3 is 2.32 bits per heavy atom. The number of carbonyl (C=O) groups is 3. The predicted molar refractivity (Wildman–Crippen MR) is 94.1 cm³/mol. The number of esters is 1. The van der Waals surface area contributed by atoms with Crippen LogP contribution in [0.15, 0.2) is 0 Å². The highest BCUT2D eigenvalue weighted by Crippen LogP contribution is 2.20. The molecule has 25 heavy (non-hydrogen) atoms. The number of piperidine rings is 1. The average Bonchev–Trinajstić information content (AvgIpc) is 2.88. The van der Waals surface area contributed by atoms with E-state index >= 15 is 0 Å². The van der Waals surface area contributed by atoms with Crippen molar-refractivity contribution in [1.29, 1.82) is 0 Å². The number of carbonyl (C=O) groups excluding carboxylic acids is 3. The number of ketones is 2. The quantitative estimate of drug-likeness (QED) is 0.599. The molecule has 0 amide bonds. The normalized spacial score (nSPS) is 21.6. The van der Waals surface area contributed by atoms with Gasteiger partial charge in [0.2, 0.25) is 5.78 Å². The van der Waals surface area contributed by atoms with Gasteiger partial charge in [-0.2, -0.15) is 0 Å². The number of H-pyrrole nitrogens is 1. The van der Waals surface area contributed by atoms with E-state index in [1.165, 1.54) is 11.8 Å². The molecule has 6 nitrogen and oxygen atoms in total. The van der Waals surface area contributed by atoms with E-state index in [9.17, 15) is 14.4 Å². The van der Waals surface area contributed by atoms with E-state index < -0.39 is 0 Å². The monoisotopic (exact) mass is 349 g/mol. The van der Waals surface area contributed by atoms with Crippen molar-refractivity contribution in [2.45, 2.75) is 53.5 Å². The first-order chi connectivity index (χ1) is 11.8. The molecule has 6 heteroatoms. The van der Waals surface area contributed by atoms with Crippen LogP contribution in [0.25, 0.3) is 0 Å². The fourth-order valence-electron chi connectivity index (χ4n) is 3.84. The molecule has 0 aromatic carbocycles. The Morgan fingerprint density at radius 1 is 1.24 bits per heavy atom. The lowest BCUT2D eigenvalue weighted by Crippen LogP contribution is -3.17. The summed E-state index contributed by atoms with van der Waals surface area (Å²) in [4.78, 5) is 40.8. The van der Waals surface area contributed by atoms with Crippen LogP contribution in [0, 0.1) is 19.8 Å². The molecule has 2 heterocycles. The van der Waals surface area contributed by atoms with Gasteiger partial charge in [0.25, 0.3) is 0 Å². The Kier molecular flexibility index (Phi) is 6.16. The molecule has 1 aliphatic heterocycles. The lowest BCUT2D eigenvalue weighted by molar-refractivity contribution is -0.919. The lowest BCUT2D eigenvalue weighted by atomic mass is 9.94. The van der Waals surface area contributed by atoms with Gasteiger partial charge in [-0.15, -0.1) is 0 Å². The van der Waals surface area contributed by atoms with E-state index in [2.05, 4.69) is 4.98 Å². The van der Waals surface area contributed by atoms with Gasteiger partial charge in [-0.3, -0.25) is 14.4 Å². The Balaban J connectivity index is 2.06. The van der Waals surface area contributed by atoms with Crippen molar-refractivity contribution in [2.24, 2.45) is 5.92 Å². The smallest absolute Gasteiger partial charge is 0.309 e. The maximum Gasteiger partial charge on any atom is 0.309 e. The summed E-state index contributed by atoms with van der Waals surface area (Å²) >= 11 is 0. The average molecular weight is 349 g/mol. The number of ether oxygens (including phenoxy) is 1. The molecule has 138 valence electrons. The van der Waals surface area contributed by atoms with E-state index in [1.807, 2.05) is 27.7 Å². The Morgan fingerprint density at radius 2 is 1.84 bits per heavy atom. The largest absolute Gasteiger partial charge is 0.466 e. The molecule has 1 aromatic rings. The van der Waals surface area contributed by atoms with Gasteiger partial charge in [0.15, 0.2) is 5.78 Å². The SMILES string of the molecule is CCOC(=O)C1CC[NH+]([C@@H](C)C(=O)c2[nH]c(C)c(C(C)=O)c2C)CC1. The van der Waals surface area contributed by atoms with E-state index in [0.29, 0.717) is 17.9 Å². The fraction of sp³-hybridized carbons (Fsp3) is 0.632. The van der Waals surface area contributed by atoms with E-state index in [1.54, 1.807) is 0 Å². The number of likely N-dealkylation sites (tertiary alicyclic amines) is 1. The van der Waals surface area contributed by atoms with Crippen molar-refractivity contribution < 1.29 is 24.0 Å². The van der Waals surface area contributed by atoms with Crippen LogP contribution < -0.4 is 4.90 Å². The molecule has 1 atom stereocenters. The Hall–Kier alpha value is -1.95. The number of Topliss-reactive ketones (excluding diaryl/α,β-unsaturated/α-hetero) is 2. The van der Waals surface area contributed by atoms with Gasteiger partial charge in [-0.25, -0.2) is 0 Å². The van der Waals surface area contributed by atoms with Crippen molar-refractivity contribution >= 4 is 17.5 Å². The van der Waals surface area contributed by atoms with Crippen molar-refractivity contribution in [1.82, 2.24) is 4.98 Å². The summed E-state index contributed by atoms with van der Waals surface area (Å²) in [6.07, 6.45) is 1.49. The standard InChI is InChI=1S/C19H28N2O4/c1-6-25-19(24)15-7-9-21(10-8-15)13(4)18(23)17-11(2)16(14(5)22)12(3)20-17/h13,15,20H,6-10H2,1-5H3/p+1/t13-/m0/s1. The van der Waals surface area contributed by atoms with Crippen molar-refractivity contribution in [2.75, 3.05) is 19.7 Å². The van der Waals surface area contributed by atoms with Gasteiger partial charge in [0.1, 0.15) is 6.04 Å². The topological polar surface area (TPSA) is 80.7 Å². The minimum atomic E-state index is -0.209. The van der Waals surface area contributed by atoms with Gasteiger partial charge < -0.3 is 14.6 Å². The number of hydrogen-bond acceptors (Lipinski definition) is 4. The predicted octanol–water partition coefficient (Wildman–Crippen LogP) is 1.26. The summed E-state index contributed by atoms with van der Waals surface area (Å²) in [5.74, 6) is -0.175. The van der Waals surface area contributed by atoms with Crippen LogP contribution in [0.5, 0.6) is 0 Å². The van der Waals surface area contributed by atoms with Gasteiger partial charge in [-0.05, 0) is 40.2 Å². The zero-order valence-electron chi connectivity index (χ0n) is 15.8. The molecule has 0 aliphatic carbocycles. The maximum absolute atomic E-state index is 12.9. The number of aromatic amines is 1. The van der Waals surface area contributed by atoms with Crippen LogP contribution >= 0.6 is 0 Å². The molecule has 0 bridgehead atoms. The number of quaternary nitrogens is 1. The van der Waals surface area contributed by atoms with Crippen molar-refractivity contribution in [3.63, 3.8) is 0 Å². The zero-order valence-corrected chi connectivity index (χ0v) is 15.8. The molecule has 2 rings (SSSR count). The van der Waals surface area contributed by atoms with Gasteiger partial charge in [-0.1, -0.05) is 0 Å². The molecule has 2 N–H and O–H groups in total. The summed E-state index contributed by atoms with van der Waals surface area (Å²) in [6, 6.07) is -0.209. The zero-order chi connectivity index (χ0) is 18.7. The van der Waals surface area contributed by atoms with Crippen LogP contribution in [-0.2, 0) is 9.53 Å². The van der Waals surface area contributed by atoms with Crippen LogP contribution in [0.3, 0.4) is 0 Å². The minimum Gasteiger partial charge on any atom is -0.466 e. The first-order valence-corrected chi connectivity index (χ1v) is 9.03. The van der Waals surface area contributed by atoms with Gasteiger partial charge in [0, 0.05) is 24.1 Å². The molecule has 0 unspecified atom stereocenters. The Labute approximate surface area is 148 Å². The van der Waals surface area contributed by atoms with Crippen LogP contribution in [-0.4, -0.2) is 48.3 Å². The molecule has 1 aromatic heterocycles. The second-order valence-corrected chi connectivity index (χ2v) is 6.95. The fourth-order valence-corrected chi connectivity index (χ4v) is 3.84. The Bertz CT molecular complexity index is 669. The summed E-state index contributed by atoms with van der Waals surface area (Å²) in [6.45, 7) is 10.9. The van der Waals surface area contributed by atoms with Crippen LogP contribution in [0.1, 0.15) is 65.7 Å². The number of hydrogen-bond donors (Lipinski definition) is 2. The first kappa shape index (κ1) is 19.4. The van der Waals surface area contributed by atoms with E-state index in [4.69, 9.17) is 4.74 Å². The highest BCUT2D eigenvalue weighted by Gasteiger charge is 2.35. The van der Waals surface area contributed by atoms with Crippen molar-refractivity contribution in [3.05, 3.63) is 22.5 Å². The van der Waals surface area contributed by atoms with E-state index in [0.717, 1.165) is 37.2 Å². The molecule has 1 aliphatic rings. The third kappa shape index (κ3) is 4.00. The third-order valence-corrected chi connectivity index (χ3v) is 5.29. The second kappa shape index (κ2) is 7.95. The summed E-state index contributed by atoms with van der Waals surface area (Å²) < 4.78 is 5.10. The maximum atomic E-state index is 12.9. The summed E-state index contributed by atoms with van der Waals surface area (Å²) in [7, 11) is 0. The van der Waals surface area contributed by atoms with Crippen LogP contribution in [0.2, 0.25) is 0 Å². The number of nitrogens with one attached hydrogen (secondary N) is 2. The van der Waals surface area contributed by atoms with Gasteiger partial charge >= 0.3 is 5.97 Å². The van der Waals surface area contributed by atoms with Crippen LogP contribution in [0.4, 0.5) is 0 Å². The lowest BCUT2D eigenvalue weighted by Gasteiger charge is -2.31. The molecule has 0 spiro atoms. The van der Waals surface area contributed by atoms with Crippen molar-refractivity contribution in [3.8, 4) is 0 Å². The number of rotatable bonds is 6. The number of aromatic nitrogens is 1. The first-order valence-electron chi connectivity index (χ1n) is 9.03. The molecular formula is C19H29N2O4+. The molecule has 0 radical (unpaired) electrons. The second-order valence-electron chi connectivity index (χ2n) is 6.95. The summed E-state index contributed by atoms with van der Waals surface area (Å²) in [5.41, 5.74) is 2.64. The third-order valence-electron chi connectivity index (χ3n) is 5.29. The molecular weight excluding hydrogens is 320 g/mol. The number of aryl methyl sites for hydroxylation is 1. The van der Waals surface area contributed by atoms with Gasteiger partial charge in [0.05, 0.1) is 31.3 Å². The molecule has 0 saturated carbocycles. The highest BCUT2D eigenvalue weighted by molar-refractivity contribution is 6.04. The molecule has 1 saturated heterocycles.